The number of hydrogen-bond acceptors (Lipinski definition) is 4. The van der Waals surface area contributed by atoms with Gasteiger partial charge in [-0.15, -0.1) is 0 Å². The minimum absolute atomic E-state index is 1.95. The van der Waals surface area contributed by atoms with Gasteiger partial charge in [-0.05, 0) is 11.8 Å². The summed E-state index contributed by atoms with van der Waals surface area (Å²) >= 11 is -1.95. The standard InChI is InChI=1S/C8F10O3S2/c9-1-2(10)4(12)6(5(13)3(1)11)22-8(16,17)7(14,15)21-23(18,19)20. The number of hydrogen-bond donors (Lipinski definition) is 0. The lowest BCUT2D eigenvalue weighted by molar-refractivity contribution is -0.268. The Hall–Kier alpha value is -1.22. The molecule has 0 fully saturated rings. The van der Waals surface area contributed by atoms with Gasteiger partial charge in [0.1, 0.15) is 0 Å². The second-order valence-electron chi connectivity index (χ2n) is 3.51. The molecule has 23 heavy (non-hydrogen) atoms. The smallest absolute Gasteiger partial charge is 0.202 e. The van der Waals surface area contributed by atoms with Crippen molar-refractivity contribution in [3.8, 4) is 0 Å². The van der Waals surface area contributed by atoms with Gasteiger partial charge in [-0.1, -0.05) is 3.89 Å². The molecule has 0 aliphatic carbocycles. The zero-order valence-electron chi connectivity index (χ0n) is 9.82. The summed E-state index contributed by atoms with van der Waals surface area (Å²) in [7, 11) is -6.64. The van der Waals surface area contributed by atoms with Crippen LogP contribution < -0.4 is 0 Å². The quantitative estimate of drug-likeness (QED) is 0.248. The van der Waals surface area contributed by atoms with Gasteiger partial charge in [0, 0.05) is 0 Å². The molecule has 0 aliphatic rings. The van der Waals surface area contributed by atoms with Crippen LogP contribution in [0, 0.1) is 29.1 Å². The second kappa shape index (κ2) is 6.01. The van der Waals surface area contributed by atoms with Crippen molar-refractivity contribution < 1.29 is 56.0 Å². The fraction of sp³-hybridized carbons (Fsp3) is 0.250. The molecule has 0 N–H and O–H groups in total. The summed E-state index contributed by atoms with van der Waals surface area (Å²) in [6.45, 7) is 0. The van der Waals surface area contributed by atoms with Crippen molar-refractivity contribution in [3.05, 3.63) is 29.1 Å². The molecule has 0 unspecified atom stereocenters. The summed E-state index contributed by atoms with van der Waals surface area (Å²) in [4.78, 5) is -2.45. The molecule has 0 spiro atoms. The zero-order valence-corrected chi connectivity index (χ0v) is 11.5. The highest BCUT2D eigenvalue weighted by Crippen LogP contribution is 2.49. The van der Waals surface area contributed by atoms with Crippen LogP contribution in [0.5, 0.6) is 0 Å². The first-order valence-electron chi connectivity index (χ1n) is 4.72. The fourth-order valence-corrected chi connectivity index (χ4v) is 2.22. The molecule has 0 heterocycles. The van der Waals surface area contributed by atoms with Gasteiger partial charge in [0.05, 0.1) is 4.90 Å². The third-order valence-electron chi connectivity index (χ3n) is 1.94. The lowest BCUT2D eigenvalue weighted by atomic mass is 10.3. The average molecular weight is 398 g/mol. The lowest BCUT2D eigenvalue weighted by Gasteiger charge is -2.23. The molecule has 132 valence electrons. The van der Waals surface area contributed by atoms with Crippen LogP contribution in [-0.4, -0.2) is 19.8 Å². The van der Waals surface area contributed by atoms with E-state index in [4.69, 9.17) is 0 Å². The fourth-order valence-electron chi connectivity index (χ4n) is 1.04. The summed E-state index contributed by atoms with van der Waals surface area (Å²) in [6, 6.07) is 0. The Bertz CT molecular complexity index is 703. The first kappa shape index (κ1) is 19.8. The number of alkyl halides is 4. The Morgan fingerprint density at radius 2 is 1.13 bits per heavy atom. The highest BCUT2D eigenvalue weighted by molar-refractivity contribution is 8.00. The van der Waals surface area contributed by atoms with Crippen LogP contribution >= 0.6 is 11.8 Å². The van der Waals surface area contributed by atoms with Crippen LogP contribution in [-0.2, 0) is 14.7 Å². The van der Waals surface area contributed by atoms with Gasteiger partial charge in [-0.25, -0.2) is 22.0 Å². The number of benzene rings is 1. The molecular formula is C8F10O3S2. The first-order chi connectivity index (χ1) is 10.1. The molecule has 0 atom stereocenters. The minimum Gasteiger partial charge on any atom is -0.202 e. The predicted molar refractivity (Wildman–Crippen MR) is 53.1 cm³/mol. The molecule has 0 aliphatic heterocycles. The van der Waals surface area contributed by atoms with Gasteiger partial charge in [0.25, 0.3) is 0 Å². The van der Waals surface area contributed by atoms with E-state index in [9.17, 15) is 51.8 Å². The van der Waals surface area contributed by atoms with Gasteiger partial charge in [0.2, 0.25) is 5.82 Å². The van der Waals surface area contributed by atoms with E-state index in [1.54, 1.807) is 0 Å². The summed E-state index contributed by atoms with van der Waals surface area (Å²) < 4.78 is 150. The molecule has 1 aromatic rings. The largest absolute Gasteiger partial charge is 0.445 e. The van der Waals surface area contributed by atoms with E-state index < -0.39 is 67.6 Å². The molecule has 0 bridgehead atoms. The molecule has 0 saturated carbocycles. The second-order valence-corrected chi connectivity index (χ2v) is 5.59. The van der Waals surface area contributed by atoms with E-state index in [2.05, 4.69) is 4.18 Å². The van der Waals surface area contributed by atoms with Crippen molar-refractivity contribution in [3.63, 3.8) is 0 Å². The molecule has 0 saturated heterocycles. The predicted octanol–water partition coefficient (Wildman–Crippen LogP) is 3.89. The molecule has 0 amide bonds. The van der Waals surface area contributed by atoms with Crippen LogP contribution in [0.4, 0.5) is 43.4 Å². The maximum atomic E-state index is 13.1. The van der Waals surface area contributed by atoms with Gasteiger partial charge in [-0.3, -0.25) is 0 Å². The summed E-state index contributed by atoms with van der Waals surface area (Å²) in [6.07, 6.45) is -6.20. The van der Waals surface area contributed by atoms with Crippen LogP contribution in [0.2, 0.25) is 0 Å². The molecule has 1 aromatic carbocycles. The Morgan fingerprint density at radius 1 is 0.783 bits per heavy atom. The molecule has 0 radical (unpaired) electrons. The number of rotatable bonds is 5. The van der Waals surface area contributed by atoms with Crippen molar-refractivity contribution in [2.24, 2.45) is 0 Å². The number of thioether (sulfide) groups is 1. The Kier molecular flexibility index (Phi) is 5.18. The summed E-state index contributed by atoms with van der Waals surface area (Å²) in [5.74, 6) is -14.0. The van der Waals surface area contributed by atoms with Gasteiger partial charge >= 0.3 is 21.9 Å². The summed E-state index contributed by atoms with van der Waals surface area (Å²) in [5, 5.41) is -5.93. The van der Waals surface area contributed by atoms with Gasteiger partial charge in [0.15, 0.2) is 23.3 Å². The third-order valence-corrected chi connectivity index (χ3v) is 3.41. The van der Waals surface area contributed by atoms with Crippen molar-refractivity contribution in [2.45, 2.75) is 16.3 Å². The van der Waals surface area contributed by atoms with Crippen LogP contribution in [0.3, 0.4) is 0 Å². The van der Waals surface area contributed by atoms with Gasteiger partial charge < -0.3 is 0 Å². The van der Waals surface area contributed by atoms with E-state index in [0.717, 1.165) is 0 Å². The number of halogens is 10. The maximum absolute atomic E-state index is 13.1. The van der Waals surface area contributed by atoms with E-state index in [1.165, 1.54) is 0 Å². The summed E-state index contributed by atoms with van der Waals surface area (Å²) in [5.41, 5.74) is 0. The monoisotopic (exact) mass is 398 g/mol. The van der Waals surface area contributed by atoms with Crippen molar-refractivity contribution in [1.82, 2.24) is 0 Å². The van der Waals surface area contributed by atoms with Crippen LogP contribution in [0.15, 0.2) is 4.90 Å². The zero-order chi connectivity index (χ0) is 18.4. The molecular weight excluding hydrogens is 398 g/mol. The molecule has 3 nitrogen and oxygen atoms in total. The Balaban J connectivity index is 3.36. The van der Waals surface area contributed by atoms with Gasteiger partial charge in [-0.2, -0.15) is 30.2 Å². The van der Waals surface area contributed by atoms with E-state index in [0.29, 0.717) is 0 Å². The lowest BCUT2D eigenvalue weighted by Crippen LogP contribution is -2.41. The molecule has 1 rings (SSSR count). The highest BCUT2D eigenvalue weighted by Gasteiger charge is 2.62. The van der Waals surface area contributed by atoms with Crippen LogP contribution in [0.1, 0.15) is 0 Å². The van der Waals surface area contributed by atoms with E-state index in [1.807, 2.05) is 0 Å². The SMILES string of the molecule is O=S(=O)(F)OC(F)(F)C(F)(F)Sc1c(F)c(F)c(F)c(F)c1F. The Morgan fingerprint density at radius 3 is 1.48 bits per heavy atom. The van der Waals surface area contributed by atoms with Crippen LogP contribution in [0.25, 0.3) is 0 Å². The van der Waals surface area contributed by atoms with E-state index in [-0.39, 0.29) is 0 Å². The minimum atomic E-state index is -6.64. The maximum Gasteiger partial charge on any atom is 0.445 e. The van der Waals surface area contributed by atoms with Crippen molar-refractivity contribution >= 4 is 22.3 Å². The molecule has 0 aromatic heterocycles. The first-order valence-corrected chi connectivity index (χ1v) is 6.84. The van der Waals surface area contributed by atoms with Crippen molar-refractivity contribution in [1.29, 1.82) is 0 Å². The Labute approximate surface area is 124 Å². The topological polar surface area (TPSA) is 43.4 Å². The normalized spacial score (nSPS) is 13.5. The average Bonchev–Trinajstić information content (AvgIpc) is 2.36. The van der Waals surface area contributed by atoms with E-state index >= 15 is 0 Å². The highest BCUT2D eigenvalue weighted by atomic mass is 32.3. The third kappa shape index (κ3) is 4.00. The van der Waals surface area contributed by atoms with Crippen molar-refractivity contribution in [2.75, 3.05) is 0 Å². The molecule has 15 heteroatoms.